The van der Waals surface area contributed by atoms with Gasteiger partial charge in [-0.1, -0.05) is 18.2 Å². The van der Waals surface area contributed by atoms with Crippen molar-refractivity contribution in [2.75, 3.05) is 4.72 Å². The summed E-state index contributed by atoms with van der Waals surface area (Å²) in [6.45, 7) is 1.85. The van der Waals surface area contributed by atoms with E-state index in [1.54, 1.807) is 30.5 Å². The Kier molecular flexibility index (Phi) is 3.46. The fourth-order valence-electron chi connectivity index (χ4n) is 2.08. The Morgan fingerprint density at radius 1 is 1.19 bits per heavy atom. The highest BCUT2D eigenvalue weighted by molar-refractivity contribution is 9.10. The number of fused-ring (bicyclic) bond motifs is 1. The first kappa shape index (κ1) is 14.1. The molecule has 0 aliphatic carbocycles. The van der Waals surface area contributed by atoms with E-state index in [1.807, 2.05) is 19.1 Å². The molecule has 0 atom stereocenters. The van der Waals surface area contributed by atoms with Crippen LogP contribution in [-0.4, -0.2) is 18.6 Å². The van der Waals surface area contributed by atoms with Gasteiger partial charge in [0.05, 0.1) is 17.4 Å². The number of hydrogen-bond donors (Lipinski definition) is 2. The van der Waals surface area contributed by atoms with Gasteiger partial charge in [0.2, 0.25) is 0 Å². The predicted octanol–water partition coefficient (Wildman–Crippen LogP) is 3.43. The summed E-state index contributed by atoms with van der Waals surface area (Å²) >= 11 is 3.33. The van der Waals surface area contributed by atoms with Gasteiger partial charge in [0.25, 0.3) is 10.0 Å². The normalized spacial score (nSPS) is 11.7. The predicted molar refractivity (Wildman–Crippen MR) is 85.8 cm³/mol. The van der Waals surface area contributed by atoms with Crippen molar-refractivity contribution in [3.8, 4) is 0 Å². The highest BCUT2D eigenvalue weighted by Gasteiger charge is 2.19. The van der Waals surface area contributed by atoms with Crippen LogP contribution in [-0.2, 0) is 10.0 Å². The number of aryl methyl sites for hydroxylation is 1. The molecule has 0 fully saturated rings. The molecule has 21 heavy (non-hydrogen) atoms. The van der Waals surface area contributed by atoms with Gasteiger partial charge >= 0.3 is 0 Å². The molecular formula is C14H12BrN3O2S. The molecule has 0 aliphatic heterocycles. The van der Waals surface area contributed by atoms with Gasteiger partial charge in [0.1, 0.15) is 4.90 Å². The summed E-state index contributed by atoms with van der Waals surface area (Å²) in [6, 6.07) is 10.4. The summed E-state index contributed by atoms with van der Waals surface area (Å²) in [5.74, 6) is 0. The van der Waals surface area contributed by atoms with Crippen LogP contribution in [0, 0.1) is 6.92 Å². The highest BCUT2D eigenvalue weighted by atomic mass is 79.9. The zero-order valence-electron chi connectivity index (χ0n) is 11.1. The molecule has 2 aromatic carbocycles. The molecule has 0 bridgehead atoms. The Bertz CT molecular complexity index is 919. The molecule has 2 N–H and O–H groups in total. The van der Waals surface area contributed by atoms with E-state index in [0.29, 0.717) is 10.2 Å². The van der Waals surface area contributed by atoms with Crippen LogP contribution in [0.25, 0.3) is 10.9 Å². The molecule has 7 heteroatoms. The van der Waals surface area contributed by atoms with Crippen molar-refractivity contribution in [2.45, 2.75) is 11.8 Å². The molecule has 0 aliphatic rings. The van der Waals surface area contributed by atoms with E-state index in [1.165, 1.54) is 0 Å². The van der Waals surface area contributed by atoms with Crippen LogP contribution in [0.2, 0.25) is 0 Å². The molecule has 0 radical (unpaired) electrons. The fourth-order valence-corrected chi connectivity index (χ4v) is 4.22. The number of nitrogens with zero attached hydrogens (tertiary/aromatic N) is 1. The van der Waals surface area contributed by atoms with E-state index in [-0.39, 0.29) is 4.90 Å². The standard InChI is InChI=1S/C14H12BrN3O2S/c1-9-4-2-7-13(14(9)15)21(19,20)18-12-6-3-5-11-10(12)8-16-17-11/h2-8,18H,1H3,(H,16,17). The zero-order chi connectivity index (χ0) is 15.0. The summed E-state index contributed by atoms with van der Waals surface area (Å²) in [4.78, 5) is 0.211. The molecule has 3 rings (SSSR count). The number of rotatable bonds is 3. The number of anilines is 1. The maximum Gasteiger partial charge on any atom is 0.263 e. The van der Waals surface area contributed by atoms with Crippen LogP contribution in [0.15, 0.2) is 52.0 Å². The first-order valence-electron chi connectivity index (χ1n) is 6.19. The Hall–Kier alpha value is -1.86. The molecule has 108 valence electrons. The van der Waals surface area contributed by atoms with Crippen molar-refractivity contribution in [1.82, 2.24) is 10.2 Å². The maximum atomic E-state index is 12.6. The summed E-state index contributed by atoms with van der Waals surface area (Å²) in [7, 11) is -3.67. The summed E-state index contributed by atoms with van der Waals surface area (Å²) in [5, 5.41) is 7.47. The molecule has 0 unspecified atom stereocenters. The average Bonchev–Trinajstić information content (AvgIpc) is 2.91. The van der Waals surface area contributed by atoms with Gasteiger partial charge in [0, 0.05) is 9.86 Å². The largest absolute Gasteiger partial charge is 0.279 e. The number of benzene rings is 2. The second-order valence-corrected chi connectivity index (χ2v) is 7.07. The van der Waals surface area contributed by atoms with Crippen LogP contribution in [0.3, 0.4) is 0 Å². The van der Waals surface area contributed by atoms with Gasteiger partial charge < -0.3 is 0 Å². The monoisotopic (exact) mass is 365 g/mol. The molecular weight excluding hydrogens is 354 g/mol. The molecule has 0 amide bonds. The van der Waals surface area contributed by atoms with Crippen LogP contribution in [0.1, 0.15) is 5.56 Å². The number of hydrogen-bond acceptors (Lipinski definition) is 3. The average molecular weight is 366 g/mol. The Labute approximate surface area is 130 Å². The number of aromatic amines is 1. The summed E-state index contributed by atoms with van der Waals surface area (Å²) in [6.07, 6.45) is 1.60. The lowest BCUT2D eigenvalue weighted by molar-refractivity contribution is 0.600. The number of halogens is 1. The molecule has 1 heterocycles. The summed E-state index contributed by atoms with van der Waals surface area (Å²) < 4.78 is 28.3. The van der Waals surface area contributed by atoms with Gasteiger partial charge in [0.15, 0.2) is 0 Å². The second kappa shape index (κ2) is 5.16. The quantitative estimate of drug-likeness (QED) is 0.746. The smallest absolute Gasteiger partial charge is 0.263 e. The number of H-pyrrole nitrogens is 1. The maximum absolute atomic E-state index is 12.6. The lowest BCUT2D eigenvalue weighted by atomic mass is 10.2. The van der Waals surface area contributed by atoms with Crippen LogP contribution >= 0.6 is 15.9 Å². The topological polar surface area (TPSA) is 74.8 Å². The van der Waals surface area contributed by atoms with Gasteiger partial charge in [-0.05, 0) is 46.6 Å². The van der Waals surface area contributed by atoms with Crippen molar-refractivity contribution in [2.24, 2.45) is 0 Å². The zero-order valence-corrected chi connectivity index (χ0v) is 13.5. The SMILES string of the molecule is Cc1cccc(S(=O)(=O)Nc2cccc3[nH]ncc23)c1Br. The van der Waals surface area contributed by atoms with Crippen LogP contribution in [0.4, 0.5) is 5.69 Å². The lowest BCUT2D eigenvalue weighted by Gasteiger charge is -2.11. The van der Waals surface area contributed by atoms with Crippen molar-refractivity contribution in [1.29, 1.82) is 0 Å². The van der Waals surface area contributed by atoms with Crippen molar-refractivity contribution in [3.63, 3.8) is 0 Å². The van der Waals surface area contributed by atoms with Crippen molar-refractivity contribution < 1.29 is 8.42 Å². The van der Waals surface area contributed by atoms with Gasteiger partial charge in [-0.15, -0.1) is 0 Å². The number of nitrogens with one attached hydrogen (secondary N) is 2. The molecule has 0 saturated carbocycles. The third-order valence-electron chi connectivity index (χ3n) is 3.17. The first-order valence-corrected chi connectivity index (χ1v) is 8.47. The number of sulfonamides is 1. The Morgan fingerprint density at radius 3 is 2.76 bits per heavy atom. The lowest BCUT2D eigenvalue weighted by Crippen LogP contribution is -2.14. The van der Waals surface area contributed by atoms with Crippen LogP contribution in [0.5, 0.6) is 0 Å². The second-order valence-electron chi connectivity index (χ2n) is 4.63. The van der Waals surface area contributed by atoms with Crippen LogP contribution < -0.4 is 4.72 Å². The van der Waals surface area contributed by atoms with Gasteiger partial charge in [-0.3, -0.25) is 9.82 Å². The van der Waals surface area contributed by atoms with E-state index in [0.717, 1.165) is 16.5 Å². The minimum Gasteiger partial charge on any atom is -0.279 e. The van der Waals surface area contributed by atoms with E-state index >= 15 is 0 Å². The third kappa shape index (κ3) is 2.54. The molecule has 5 nitrogen and oxygen atoms in total. The van der Waals surface area contributed by atoms with Crippen molar-refractivity contribution >= 4 is 42.5 Å². The molecule has 3 aromatic rings. The molecule has 1 aromatic heterocycles. The van der Waals surface area contributed by atoms with E-state index < -0.39 is 10.0 Å². The van der Waals surface area contributed by atoms with Crippen molar-refractivity contribution in [3.05, 3.63) is 52.6 Å². The summed E-state index contributed by atoms with van der Waals surface area (Å²) in [5.41, 5.74) is 2.13. The highest BCUT2D eigenvalue weighted by Crippen LogP contribution is 2.29. The van der Waals surface area contributed by atoms with E-state index in [2.05, 4.69) is 30.8 Å². The minimum atomic E-state index is -3.67. The third-order valence-corrected chi connectivity index (χ3v) is 5.90. The van der Waals surface area contributed by atoms with Gasteiger partial charge in [-0.25, -0.2) is 8.42 Å². The minimum absolute atomic E-state index is 0.211. The molecule has 0 spiro atoms. The number of aromatic nitrogens is 2. The Morgan fingerprint density at radius 2 is 1.95 bits per heavy atom. The van der Waals surface area contributed by atoms with E-state index in [9.17, 15) is 8.42 Å². The van der Waals surface area contributed by atoms with E-state index in [4.69, 9.17) is 0 Å². The Balaban J connectivity index is 2.08. The first-order chi connectivity index (χ1) is 9.99. The van der Waals surface area contributed by atoms with Gasteiger partial charge in [-0.2, -0.15) is 5.10 Å². The molecule has 0 saturated heterocycles. The fraction of sp³-hybridized carbons (Fsp3) is 0.0714.